The first kappa shape index (κ1) is 15.5. The molecule has 120 valence electrons. The summed E-state index contributed by atoms with van der Waals surface area (Å²) in [6.45, 7) is 2.15. The Balaban J connectivity index is 1.74. The zero-order valence-corrected chi connectivity index (χ0v) is 13.0. The van der Waals surface area contributed by atoms with E-state index in [0.29, 0.717) is 23.0 Å². The zero-order chi connectivity index (χ0) is 16.1. The fourth-order valence-corrected chi connectivity index (χ4v) is 2.90. The molecule has 1 aromatic heterocycles. The van der Waals surface area contributed by atoms with Crippen LogP contribution in [0.1, 0.15) is 28.9 Å². The summed E-state index contributed by atoms with van der Waals surface area (Å²) in [5.74, 6) is 1.32. The average molecular weight is 311 g/mol. The number of ether oxygens (including phenoxy) is 1. The van der Waals surface area contributed by atoms with Crippen molar-refractivity contribution in [3.8, 4) is 11.5 Å². The van der Waals surface area contributed by atoms with Crippen molar-refractivity contribution in [2.75, 3.05) is 13.1 Å². The van der Waals surface area contributed by atoms with E-state index >= 15 is 0 Å². The molecule has 2 heterocycles. The number of pyridine rings is 1. The van der Waals surface area contributed by atoms with E-state index < -0.39 is 5.91 Å². The quantitative estimate of drug-likeness (QED) is 0.889. The van der Waals surface area contributed by atoms with Crippen LogP contribution < -0.4 is 15.8 Å². The predicted molar refractivity (Wildman–Crippen MR) is 88.6 cm³/mol. The molecule has 0 atom stereocenters. The van der Waals surface area contributed by atoms with Crippen LogP contribution in [0.2, 0.25) is 0 Å². The van der Waals surface area contributed by atoms with Crippen molar-refractivity contribution in [1.82, 2.24) is 10.3 Å². The molecule has 1 aliphatic rings. The Bertz CT molecular complexity index is 681. The summed E-state index contributed by atoms with van der Waals surface area (Å²) in [6, 6.07) is 10.7. The first-order chi connectivity index (χ1) is 11.2. The van der Waals surface area contributed by atoms with Crippen LogP contribution >= 0.6 is 0 Å². The molecule has 1 amide bonds. The van der Waals surface area contributed by atoms with Crippen molar-refractivity contribution in [2.24, 2.45) is 11.7 Å². The molecule has 0 bridgehead atoms. The van der Waals surface area contributed by atoms with Crippen molar-refractivity contribution in [3.05, 3.63) is 53.9 Å². The predicted octanol–water partition coefficient (Wildman–Crippen LogP) is 2.51. The van der Waals surface area contributed by atoms with Gasteiger partial charge in [0.1, 0.15) is 11.5 Å². The third kappa shape index (κ3) is 4.07. The number of piperidine rings is 1. The van der Waals surface area contributed by atoms with E-state index in [9.17, 15) is 4.79 Å². The van der Waals surface area contributed by atoms with Gasteiger partial charge >= 0.3 is 0 Å². The van der Waals surface area contributed by atoms with E-state index in [2.05, 4.69) is 10.3 Å². The Labute approximate surface area is 135 Å². The van der Waals surface area contributed by atoms with Crippen LogP contribution in [0.25, 0.3) is 0 Å². The summed E-state index contributed by atoms with van der Waals surface area (Å²) < 4.78 is 5.85. The van der Waals surface area contributed by atoms with Crippen molar-refractivity contribution in [2.45, 2.75) is 19.3 Å². The lowest BCUT2D eigenvalue weighted by molar-refractivity contribution is 0.0998. The van der Waals surface area contributed by atoms with Gasteiger partial charge in [-0.05, 0) is 56.5 Å². The number of para-hydroxylation sites is 1. The topological polar surface area (TPSA) is 77.2 Å². The van der Waals surface area contributed by atoms with Gasteiger partial charge in [0, 0.05) is 18.0 Å². The van der Waals surface area contributed by atoms with E-state index in [4.69, 9.17) is 10.5 Å². The molecule has 23 heavy (non-hydrogen) atoms. The van der Waals surface area contributed by atoms with Crippen LogP contribution in [-0.2, 0) is 6.42 Å². The lowest BCUT2D eigenvalue weighted by Gasteiger charge is -2.22. The molecule has 0 radical (unpaired) electrons. The van der Waals surface area contributed by atoms with E-state index in [1.165, 1.54) is 12.8 Å². The molecule has 0 unspecified atom stereocenters. The van der Waals surface area contributed by atoms with Gasteiger partial charge in [-0.2, -0.15) is 0 Å². The number of amides is 1. The highest BCUT2D eigenvalue weighted by molar-refractivity contribution is 5.95. The second kappa shape index (κ2) is 7.24. The van der Waals surface area contributed by atoms with Crippen LogP contribution in [-0.4, -0.2) is 24.0 Å². The van der Waals surface area contributed by atoms with Gasteiger partial charge in [-0.1, -0.05) is 12.1 Å². The lowest BCUT2D eigenvalue weighted by Crippen LogP contribution is -2.28. The van der Waals surface area contributed by atoms with Gasteiger partial charge in [0.2, 0.25) is 0 Å². The molecule has 3 rings (SSSR count). The van der Waals surface area contributed by atoms with Crippen LogP contribution in [0.15, 0.2) is 42.6 Å². The van der Waals surface area contributed by atoms with Gasteiger partial charge in [0.25, 0.3) is 5.91 Å². The summed E-state index contributed by atoms with van der Waals surface area (Å²) in [4.78, 5) is 15.9. The minimum atomic E-state index is -0.496. The highest BCUT2D eigenvalue weighted by Crippen LogP contribution is 2.26. The molecule has 1 aliphatic heterocycles. The lowest BCUT2D eigenvalue weighted by atomic mass is 9.93. The summed E-state index contributed by atoms with van der Waals surface area (Å²) in [5.41, 5.74) is 6.78. The highest BCUT2D eigenvalue weighted by atomic mass is 16.5. The molecule has 0 spiro atoms. The SMILES string of the molecule is NC(=O)c1ccccc1Oc1ccnc(CC2CCNCC2)c1. The Morgan fingerprint density at radius 3 is 2.83 bits per heavy atom. The number of primary amides is 1. The number of nitrogens with zero attached hydrogens (tertiary/aromatic N) is 1. The standard InChI is InChI=1S/C18H21N3O2/c19-18(22)16-3-1-2-4-17(16)23-15-7-10-21-14(12-15)11-13-5-8-20-9-6-13/h1-4,7,10,12-13,20H,5-6,8-9,11H2,(H2,19,22). The summed E-state index contributed by atoms with van der Waals surface area (Å²) in [7, 11) is 0. The molecular formula is C18H21N3O2. The molecular weight excluding hydrogens is 290 g/mol. The minimum Gasteiger partial charge on any atom is -0.456 e. The van der Waals surface area contributed by atoms with Crippen molar-refractivity contribution < 1.29 is 9.53 Å². The van der Waals surface area contributed by atoms with Gasteiger partial charge in [0.05, 0.1) is 5.56 Å². The number of rotatable bonds is 5. The Morgan fingerprint density at radius 1 is 1.26 bits per heavy atom. The van der Waals surface area contributed by atoms with E-state index in [1.54, 1.807) is 30.5 Å². The van der Waals surface area contributed by atoms with E-state index in [-0.39, 0.29) is 0 Å². The average Bonchev–Trinajstić information content (AvgIpc) is 2.56. The van der Waals surface area contributed by atoms with Gasteiger partial charge in [-0.3, -0.25) is 9.78 Å². The number of nitrogens with two attached hydrogens (primary N) is 1. The molecule has 1 fully saturated rings. The number of benzene rings is 1. The summed E-state index contributed by atoms with van der Waals surface area (Å²) in [6.07, 6.45) is 5.06. The molecule has 2 aromatic rings. The van der Waals surface area contributed by atoms with Crippen molar-refractivity contribution >= 4 is 5.91 Å². The van der Waals surface area contributed by atoms with Crippen LogP contribution in [0.4, 0.5) is 0 Å². The smallest absolute Gasteiger partial charge is 0.252 e. The fourth-order valence-electron chi connectivity index (χ4n) is 2.90. The molecule has 3 N–H and O–H groups in total. The number of hydrogen-bond donors (Lipinski definition) is 2. The number of aromatic nitrogens is 1. The minimum absolute atomic E-state index is 0.379. The third-order valence-electron chi connectivity index (χ3n) is 4.12. The molecule has 5 nitrogen and oxygen atoms in total. The summed E-state index contributed by atoms with van der Waals surface area (Å²) in [5, 5.41) is 3.37. The Morgan fingerprint density at radius 2 is 2.04 bits per heavy atom. The molecule has 1 saturated heterocycles. The van der Waals surface area contributed by atoms with Gasteiger partial charge in [0.15, 0.2) is 0 Å². The second-order valence-electron chi connectivity index (χ2n) is 5.84. The van der Waals surface area contributed by atoms with E-state index in [1.807, 2.05) is 12.1 Å². The maximum absolute atomic E-state index is 11.5. The molecule has 1 aromatic carbocycles. The monoisotopic (exact) mass is 311 g/mol. The van der Waals surface area contributed by atoms with Crippen LogP contribution in [0, 0.1) is 5.92 Å². The number of nitrogens with one attached hydrogen (secondary N) is 1. The first-order valence-corrected chi connectivity index (χ1v) is 7.94. The number of carbonyl (C=O) groups excluding carboxylic acids is 1. The normalized spacial score (nSPS) is 15.3. The maximum atomic E-state index is 11.5. The maximum Gasteiger partial charge on any atom is 0.252 e. The second-order valence-corrected chi connectivity index (χ2v) is 5.84. The summed E-state index contributed by atoms with van der Waals surface area (Å²) >= 11 is 0. The molecule has 0 saturated carbocycles. The number of hydrogen-bond acceptors (Lipinski definition) is 4. The highest BCUT2D eigenvalue weighted by Gasteiger charge is 2.15. The Hall–Kier alpha value is -2.40. The fraction of sp³-hybridized carbons (Fsp3) is 0.333. The van der Waals surface area contributed by atoms with Gasteiger partial charge in [-0.15, -0.1) is 0 Å². The third-order valence-corrected chi connectivity index (χ3v) is 4.12. The van der Waals surface area contributed by atoms with Crippen molar-refractivity contribution in [1.29, 1.82) is 0 Å². The van der Waals surface area contributed by atoms with E-state index in [0.717, 1.165) is 25.2 Å². The zero-order valence-electron chi connectivity index (χ0n) is 13.0. The Kier molecular flexibility index (Phi) is 4.88. The van der Waals surface area contributed by atoms with Crippen molar-refractivity contribution in [3.63, 3.8) is 0 Å². The van der Waals surface area contributed by atoms with Gasteiger partial charge < -0.3 is 15.8 Å². The molecule has 0 aliphatic carbocycles. The first-order valence-electron chi connectivity index (χ1n) is 7.94. The number of carbonyl (C=O) groups is 1. The molecule has 5 heteroatoms. The van der Waals surface area contributed by atoms with Crippen LogP contribution in [0.3, 0.4) is 0 Å². The van der Waals surface area contributed by atoms with Crippen LogP contribution in [0.5, 0.6) is 11.5 Å². The largest absolute Gasteiger partial charge is 0.456 e. The van der Waals surface area contributed by atoms with Gasteiger partial charge in [-0.25, -0.2) is 0 Å².